The average Bonchev–Trinajstić information content (AvgIpc) is 3.42. The number of ether oxygens (including phenoxy) is 1. The lowest BCUT2D eigenvalue weighted by atomic mass is 9.97. The normalized spacial score (nSPS) is 20.6. The van der Waals surface area contributed by atoms with Crippen molar-refractivity contribution in [3.05, 3.63) is 38.3 Å². The summed E-state index contributed by atoms with van der Waals surface area (Å²) in [6, 6.07) is 1.21. The Morgan fingerprint density at radius 3 is 2.69 bits per heavy atom. The van der Waals surface area contributed by atoms with Crippen molar-refractivity contribution in [2.24, 2.45) is 11.7 Å². The van der Waals surface area contributed by atoms with Gasteiger partial charge in [0.2, 0.25) is 0 Å². The zero-order valence-electron chi connectivity index (χ0n) is 16.9. The molecule has 0 radical (unpaired) electrons. The number of anilines is 1. The smallest absolute Gasteiger partial charge is 0.350 e. The number of fused-ring (bicyclic) bond motifs is 1. The Hall–Kier alpha value is -2.39. The van der Waals surface area contributed by atoms with Gasteiger partial charge >= 0.3 is 5.69 Å². The monoisotopic (exact) mass is 405 g/mol. The molecule has 0 unspecified atom stereocenters. The van der Waals surface area contributed by atoms with Gasteiger partial charge in [-0.25, -0.2) is 9.18 Å². The summed E-state index contributed by atoms with van der Waals surface area (Å²) in [5.41, 5.74) is 6.62. The van der Waals surface area contributed by atoms with Crippen LogP contribution in [0.15, 0.2) is 15.7 Å². The number of aromatic nitrogens is 2. The molecule has 1 aliphatic heterocycles. The number of hydrogen-bond acceptors (Lipinski definition) is 6. The van der Waals surface area contributed by atoms with Crippen LogP contribution in [0, 0.1) is 18.7 Å². The zero-order chi connectivity index (χ0) is 20.9. The Balaban J connectivity index is 1.79. The first-order valence-corrected chi connectivity index (χ1v) is 10.1. The maximum absolute atomic E-state index is 15.2. The van der Waals surface area contributed by atoms with Gasteiger partial charge in [-0.15, -0.1) is 0 Å². The number of nitrogens with zero attached hydrogens (tertiary/aromatic N) is 3. The quantitative estimate of drug-likeness (QED) is 0.690. The maximum atomic E-state index is 15.2. The molecule has 29 heavy (non-hydrogen) atoms. The molecular weight excluding hydrogens is 377 g/mol. The molecule has 9 heteroatoms. The van der Waals surface area contributed by atoms with Crippen LogP contribution in [0.4, 0.5) is 10.1 Å². The summed E-state index contributed by atoms with van der Waals surface area (Å²) in [5, 5.41) is 0.144. The number of rotatable bonds is 6. The highest BCUT2D eigenvalue weighted by atomic mass is 19.1. The fourth-order valence-corrected chi connectivity index (χ4v) is 4.55. The van der Waals surface area contributed by atoms with Crippen molar-refractivity contribution < 1.29 is 9.13 Å². The van der Waals surface area contributed by atoms with Crippen molar-refractivity contribution in [1.29, 1.82) is 0 Å². The highest BCUT2D eigenvalue weighted by Crippen LogP contribution is 2.39. The molecule has 1 saturated carbocycles. The molecule has 2 atom stereocenters. The van der Waals surface area contributed by atoms with E-state index in [4.69, 9.17) is 16.3 Å². The van der Waals surface area contributed by atoms with Gasteiger partial charge < -0.3 is 21.2 Å². The Bertz CT molecular complexity index is 1060. The summed E-state index contributed by atoms with van der Waals surface area (Å²) in [6.45, 7) is 3.68. The lowest BCUT2D eigenvalue weighted by Crippen LogP contribution is -2.44. The Labute approximate surface area is 167 Å². The Morgan fingerprint density at radius 1 is 1.31 bits per heavy atom. The lowest BCUT2D eigenvalue weighted by molar-refractivity contribution is 0.180. The fourth-order valence-electron chi connectivity index (χ4n) is 4.55. The van der Waals surface area contributed by atoms with Gasteiger partial charge in [0, 0.05) is 44.5 Å². The second-order valence-corrected chi connectivity index (χ2v) is 8.23. The summed E-state index contributed by atoms with van der Waals surface area (Å²) < 4.78 is 22.4. The van der Waals surface area contributed by atoms with Crippen molar-refractivity contribution >= 4 is 16.6 Å². The van der Waals surface area contributed by atoms with Gasteiger partial charge in [0.1, 0.15) is 5.82 Å². The predicted octanol–water partition coefficient (Wildman–Crippen LogP) is 0.850. The van der Waals surface area contributed by atoms with Crippen molar-refractivity contribution in [2.75, 3.05) is 37.5 Å². The van der Waals surface area contributed by atoms with E-state index in [9.17, 15) is 9.59 Å². The van der Waals surface area contributed by atoms with Crippen LogP contribution in [0.2, 0.25) is 0 Å². The topological polar surface area (TPSA) is 109 Å². The second kappa shape index (κ2) is 7.46. The number of nitrogen functional groups attached to an aromatic ring is 1. The summed E-state index contributed by atoms with van der Waals surface area (Å²) in [6.07, 6.45) is 3.31. The van der Waals surface area contributed by atoms with Crippen LogP contribution in [-0.4, -0.2) is 42.1 Å². The third-order valence-electron chi connectivity index (χ3n) is 6.28. The van der Waals surface area contributed by atoms with Gasteiger partial charge in [-0.3, -0.25) is 9.36 Å². The summed E-state index contributed by atoms with van der Waals surface area (Å²) >= 11 is 0. The molecule has 1 aromatic heterocycles. The van der Waals surface area contributed by atoms with Crippen molar-refractivity contribution in [2.45, 2.75) is 44.7 Å². The van der Waals surface area contributed by atoms with Gasteiger partial charge in [0.25, 0.3) is 5.56 Å². The number of halogens is 1. The maximum Gasteiger partial charge on any atom is 0.350 e. The van der Waals surface area contributed by atoms with E-state index < -0.39 is 17.1 Å². The molecule has 0 bridgehead atoms. The molecule has 1 aromatic carbocycles. The molecule has 4 N–H and O–H groups in total. The van der Waals surface area contributed by atoms with Crippen LogP contribution in [0.25, 0.3) is 10.9 Å². The van der Waals surface area contributed by atoms with Crippen LogP contribution in [0.5, 0.6) is 0 Å². The van der Waals surface area contributed by atoms with Gasteiger partial charge in [-0.05, 0) is 44.6 Å². The summed E-state index contributed by atoms with van der Waals surface area (Å²) in [5.74, 6) is 5.45. The molecular formula is C20H28FN5O3. The van der Waals surface area contributed by atoms with Gasteiger partial charge in [-0.2, -0.15) is 4.68 Å². The number of benzene rings is 1. The van der Waals surface area contributed by atoms with Crippen molar-refractivity contribution in [3.8, 4) is 0 Å². The molecule has 1 saturated heterocycles. The lowest BCUT2D eigenvalue weighted by Gasteiger charge is -2.25. The van der Waals surface area contributed by atoms with Crippen molar-refractivity contribution in [3.63, 3.8) is 0 Å². The minimum absolute atomic E-state index is 0.00574. The summed E-state index contributed by atoms with van der Waals surface area (Å²) in [7, 11) is 1.65. The first-order chi connectivity index (χ1) is 13.8. The Morgan fingerprint density at radius 2 is 2.03 bits per heavy atom. The standard InChI is InChI=1S/C20H28FN5O3/c1-11-17-14(19(27)26(23)20(28)25(17)13-3-4-13)9-15(21)18(11)24-7-5-12(10-24)16(22)6-8-29-2/h9,12-13,16H,3-8,10,22-23H2,1-2H3/t12-,16+/m1/s1. The van der Waals surface area contributed by atoms with E-state index in [2.05, 4.69) is 0 Å². The van der Waals surface area contributed by atoms with Crippen LogP contribution in [0.1, 0.15) is 37.3 Å². The van der Waals surface area contributed by atoms with E-state index in [0.29, 0.717) is 41.1 Å². The third kappa shape index (κ3) is 3.32. The molecule has 0 spiro atoms. The molecule has 2 aliphatic rings. The minimum atomic E-state index is -0.670. The summed E-state index contributed by atoms with van der Waals surface area (Å²) in [4.78, 5) is 27.2. The number of hydrogen-bond donors (Lipinski definition) is 2. The van der Waals surface area contributed by atoms with Gasteiger partial charge in [0.05, 0.1) is 16.6 Å². The van der Waals surface area contributed by atoms with E-state index in [-0.39, 0.29) is 23.4 Å². The van der Waals surface area contributed by atoms with E-state index in [1.807, 2.05) is 4.90 Å². The Kier molecular flexibility index (Phi) is 5.12. The van der Waals surface area contributed by atoms with E-state index in [1.54, 1.807) is 18.6 Å². The molecule has 2 fully saturated rings. The second-order valence-electron chi connectivity index (χ2n) is 8.23. The first kappa shape index (κ1) is 19.9. The van der Waals surface area contributed by atoms with Gasteiger partial charge in [0.15, 0.2) is 0 Å². The number of nitrogens with two attached hydrogens (primary N) is 2. The van der Waals surface area contributed by atoms with Crippen LogP contribution in [0.3, 0.4) is 0 Å². The largest absolute Gasteiger partial charge is 0.385 e. The van der Waals surface area contributed by atoms with Crippen LogP contribution < -0.4 is 27.7 Å². The van der Waals surface area contributed by atoms with Gasteiger partial charge in [-0.1, -0.05) is 0 Å². The molecule has 0 amide bonds. The predicted molar refractivity (Wildman–Crippen MR) is 110 cm³/mol. The van der Waals surface area contributed by atoms with Crippen LogP contribution >= 0.6 is 0 Å². The minimum Gasteiger partial charge on any atom is -0.385 e. The zero-order valence-corrected chi connectivity index (χ0v) is 16.9. The molecule has 158 valence electrons. The van der Waals surface area contributed by atoms with Crippen LogP contribution in [-0.2, 0) is 4.74 Å². The fraction of sp³-hybridized carbons (Fsp3) is 0.600. The average molecular weight is 405 g/mol. The van der Waals surface area contributed by atoms with E-state index >= 15 is 4.39 Å². The molecule has 2 heterocycles. The SMILES string of the molecule is COCC[C@H](N)[C@@H]1CCN(c2c(F)cc3c(=O)n(N)c(=O)n(C4CC4)c3c2C)C1. The van der Waals surface area contributed by atoms with Crippen molar-refractivity contribution in [1.82, 2.24) is 9.24 Å². The highest BCUT2D eigenvalue weighted by Gasteiger charge is 2.33. The molecule has 1 aliphatic carbocycles. The number of methoxy groups -OCH3 is 1. The third-order valence-corrected chi connectivity index (χ3v) is 6.28. The van der Waals surface area contributed by atoms with E-state index in [1.165, 1.54) is 6.07 Å². The first-order valence-electron chi connectivity index (χ1n) is 10.1. The highest BCUT2D eigenvalue weighted by molar-refractivity contribution is 5.87. The number of aryl methyl sites for hydroxylation is 1. The molecule has 4 rings (SSSR count). The molecule has 2 aromatic rings. The van der Waals surface area contributed by atoms with E-state index in [0.717, 1.165) is 25.7 Å². The molecule has 8 nitrogen and oxygen atoms in total.